The van der Waals surface area contributed by atoms with Crippen LogP contribution in [0.3, 0.4) is 0 Å². The summed E-state index contributed by atoms with van der Waals surface area (Å²) in [5, 5.41) is 2.68. The zero-order valence-electron chi connectivity index (χ0n) is 13.6. The predicted octanol–water partition coefficient (Wildman–Crippen LogP) is 4.28. The smallest absolute Gasteiger partial charge is 0.260 e. The minimum absolute atomic E-state index is 0.297. The monoisotopic (exact) mass is 325 g/mol. The van der Waals surface area contributed by atoms with E-state index in [1.54, 1.807) is 6.07 Å². The number of aryl methyl sites for hydroxylation is 1. The number of rotatable bonds is 1. The Morgan fingerprint density at radius 2 is 1.96 bits per heavy atom. The van der Waals surface area contributed by atoms with Gasteiger partial charge in [-0.15, -0.1) is 0 Å². The molecule has 0 atom stereocenters. The molecule has 4 rings (SSSR count). The van der Waals surface area contributed by atoms with Crippen LogP contribution in [0.25, 0.3) is 11.1 Å². The molecule has 2 aromatic rings. The Morgan fingerprint density at radius 3 is 2.67 bits per heavy atom. The van der Waals surface area contributed by atoms with Crippen LogP contribution in [0.4, 0.5) is 10.1 Å². The first-order valence-electron chi connectivity index (χ1n) is 7.69. The van der Waals surface area contributed by atoms with Gasteiger partial charge in [0, 0.05) is 11.1 Å². The van der Waals surface area contributed by atoms with E-state index >= 15 is 0 Å². The van der Waals surface area contributed by atoms with Crippen LogP contribution in [0.15, 0.2) is 46.6 Å². The number of fused-ring (bicyclic) bond motifs is 1. The standard InChI is InChI=1S/C19H16FNO3/c1-10-4-7-15(23-10)13-9-16(24-19(13,2)3)17-12-6-5-11(20)8-14(12)21-18(17)22/h4-9H,1-3H3,(H,21,22)/b17-16+. The van der Waals surface area contributed by atoms with Gasteiger partial charge < -0.3 is 14.5 Å². The Balaban J connectivity index is 1.87. The summed E-state index contributed by atoms with van der Waals surface area (Å²) in [6.07, 6.45) is 1.83. The summed E-state index contributed by atoms with van der Waals surface area (Å²) >= 11 is 0. The van der Waals surface area contributed by atoms with Gasteiger partial charge in [0.25, 0.3) is 5.91 Å². The minimum atomic E-state index is -0.629. The van der Waals surface area contributed by atoms with Gasteiger partial charge >= 0.3 is 0 Å². The van der Waals surface area contributed by atoms with E-state index in [0.717, 1.165) is 11.3 Å². The van der Waals surface area contributed by atoms with Crippen molar-refractivity contribution in [2.24, 2.45) is 0 Å². The molecule has 1 aromatic carbocycles. The van der Waals surface area contributed by atoms with Crippen molar-refractivity contribution in [3.05, 3.63) is 65.1 Å². The maximum Gasteiger partial charge on any atom is 0.260 e. The highest BCUT2D eigenvalue weighted by Crippen LogP contribution is 2.44. The summed E-state index contributed by atoms with van der Waals surface area (Å²) in [5.74, 6) is 1.30. The number of allylic oxidation sites excluding steroid dienone is 1. The number of nitrogens with one attached hydrogen (secondary N) is 1. The normalized spacial score (nSPS) is 21.3. The van der Waals surface area contributed by atoms with E-state index in [1.807, 2.05) is 39.0 Å². The Labute approximate surface area is 138 Å². The number of carbonyl (C=O) groups excluding carboxylic acids is 1. The summed E-state index contributed by atoms with van der Waals surface area (Å²) in [6.45, 7) is 5.72. The Hall–Kier alpha value is -2.82. The van der Waals surface area contributed by atoms with Crippen molar-refractivity contribution in [3.8, 4) is 0 Å². The van der Waals surface area contributed by atoms with Crippen molar-refractivity contribution in [2.75, 3.05) is 5.32 Å². The van der Waals surface area contributed by atoms with E-state index < -0.39 is 11.4 Å². The van der Waals surface area contributed by atoms with Gasteiger partial charge in [-0.1, -0.05) is 0 Å². The highest BCUT2D eigenvalue weighted by atomic mass is 19.1. The summed E-state index contributed by atoms with van der Waals surface area (Å²) in [4.78, 5) is 12.4. The third-order valence-electron chi connectivity index (χ3n) is 4.27. The zero-order chi connectivity index (χ0) is 17.1. The molecule has 24 heavy (non-hydrogen) atoms. The van der Waals surface area contributed by atoms with Crippen LogP contribution < -0.4 is 5.32 Å². The first kappa shape index (κ1) is 14.8. The van der Waals surface area contributed by atoms with Crippen LogP contribution in [-0.2, 0) is 9.53 Å². The molecule has 0 saturated heterocycles. The van der Waals surface area contributed by atoms with Crippen molar-refractivity contribution in [2.45, 2.75) is 26.4 Å². The van der Waals surface area contributed by atoms with Gasteiger partial charge in [-0.2, -0.15) is 0 Å². The molecular weight excluding hydrogens is 309 g/mol. The van der Waals surface area contributed by atoms with Crippen molar-refractivity contribution in [1.82, 2.24) is 0 Å². The van der Waals surface area contributed by atoms with Gasteiger partial charge in [-0.3, -0.25) is 4.79 Å². The second kappa shape index (κ2) is 4.84. The number of hydrogen-bond acceptors (Lipinski definition) is 3. The molecule has 1 N–H and O–H groups in total. The third-order valence-corrected chi connectivity index (χ3v) is 4.27. The Morgan fingerprint density at radius 1 is 1.17 bits per heavy atom. The lowest BCUT2D eigenvalue weighted by atomic mass is 9.97. The van der Waals surface area contributed by atoms with E-state index in [-0.39, 0.29) is 5.91 Å². The van der Waals surface area contributed by atoms with Crippen molar-refractivity contribution in [1.29, 1.82) is 0 Å². The molecule has 4 nitrogen and oxygen atoms in total. The van der Waals surface area contributed by atoms with Gasteiger partial charge in [-0.25, -0.2) is 4.39 Å². The Bertz CT molecular complexity index is 934. The summed E-state index contributed by atoms with van der Waals surface area (Å²) in [5.41, 5.74) is 1.74. The summed E-state index contributed by atoms with van der Waals surface area (Å²) in [7, 11) is 0. The van der Waals surface area contributed by atoms with Gasteiger partial charge in [0.1, 0.15) is 28.7 Å². The number of furan rings is 1. The van der Waals surface area contributed by atoms with Crippen LogP contribution in [0.5, 0.6) is 0 Å². The van der Waals surface area contributed by atoms with E-state index in [9.17, 15) is 9.18 Å². The second-order valence-electron chi connectivity index (χ2n) is 6.46. The molecule has 0 spiro atoms. The van der Waals surface area contributed by atoms with Crippen LogP contribution in [0.2, 0.25) is 0 Å². The lowest BCUT2D eigenvalue weighted by Crippen LogP contribution is -2.21. The van der Waals surface area contributed by atoms with Gasteiger partial charge in [0.2, 0.25) is 0 Å². The molecule has 1 aromatic heterocycles. The summed E-state index contributed by atoms with van der Waals surface area (Å²) in [6, 6.07) is 8.00. The van der Waals surface area contributed by atoms with Gasteiger partial charge in [-0.05, 0) is 57.2 Å². The van der Waals surface area contributed by atoms with Crippen LogP contribution in [-0.4, -0.2) is 11.5 Å². The van der Waals surface area contributed by atoms with Crippen molar-refractivity contribution in [3.63, 3.8) is 0 Å². The zero-order valence-corrected chi connectivity index (χ0v) is 13.6. The molecule has 122 valence electrons. The molecule has 0 fully saturated rings. The quantitative estimate of drug-likeness (QED) is 0.796. The topological polar surface area (TPSA) is 51.5 Å². The fourth-order valence-corrected chi connectivity index (χ4v) is 3.12. The molecule has 0 radical (unpaired) electrons. The molecule has 0 unspecified atom stereocenters. The van der Waals surface area contributed by atoms with E-state index in [1.165, 1.54) is 12.1 Å². The highest BCUT2D eigenvalue weighted by Gasteiger charge is 2.39. The lowest BCUT2D eigenvalue weighted by Gasteiger charge is -2.22. The SMILES string of the molecule is Cc1ccc(C2=C/C(=C3\C(=O)Nc4cc(F)ccc43)OC2(C)C)o1. The molecule has 2 aliphatic rings. The third kappa shape index (κ3) is 2.16. The number of ether oxygens (including phenoxy) is 1. The number of anilines is 1. The molecule has 0 bridgehead atoms. The minimum Gasteiger partial charge on any atom is -0.482 e. The first-order valence-corrected chi connectivity index (χ1v) is 7.69. The number of halogens is 1. The number of carbonyl (C=O) groups is 1. The molecule has 3 heterocycles. The lowest BCUT2D eigenvalue weighted by molar-refractivity contribution is -0.111. The average molecular weight is 325 g/mol. The van der Waals surface area contributed by atoms with E-state index in [0.29, 0.717) is 28.3 Å². The first-order chi connectivity index (χ1) is 11.3. The van der Waals surface area contributed by atoms with Crippen LogP contribution >= 0.6 is 0 Å². The number of hydrogen-bond donors (Lipinski definition) is 1. The molecule has 5 heteroatoms. The largest absolute Gasteiger partial charge is 0.482 e. The maximum absolute atomic E-state index is 13.4. The maximum atomic E-state index is 13.4. The number of amides is 1. The second-order valence-corrected chi connectivity index (χ2v) is 6.46. The van der Waals surface area contributed by atoms with E-state index in [2.05, 4.69) is 5.32 Å². The molecule has 0 saturated carbocycles. The van der Waals surface area contributed by atoms with Crippen molar-refractivity contribution < 1.29 is 18.3 Å². The van der Waals surface area contributed by atoms with Gasteiger partial charge in [0.15, 0.2) is 0 Å². The Kier molecular flexibility index (Phi) is 2.97. The van der Waals surface area contributed by atoms with Crippen LogP contribution in [0.1, 0.15) is 30.9 Å². The molecular formula is C19H16FNO3. The highest BCUT2D eigenvalue weighted by molar-refractivity contribution is 6.32. The van der Waals surface area contributed by atoms with Crippen molar-refractivity contribution >= 4 is 22.7 Å². The fraction of sp³-hybridized carbons (Fsp3) is 0.211. The van der Waals surface area contributed by atoms with Crippen LogP contribution in [0, 0.1) is 12.7 Å². The fourth-order valence-electron chi connectivity index (χ4n) is 3.12. The van der Waals surface area contributed by atoms with Gasteiger partial charge in [0.05, 0.1) is 11.3 Å². The number of benzene rings is 1. The molecule has 0 aliphatic carbocycles. The van der Waals surface area contributed by atoms with E-state index in [4.69, 9.17) is 9.15 Å². The molecule has 2 aliphatic heterocycles. The predicted molar refractivity (Wildman–Crippen MR) is 88.5 cm³/mol. The summed E-state index contributed by atoms with van der Waals surface area (Å²) < 4.78 is 25.1. The average Bonchev–Trinajstić information content (AvgIpc) is 3.13. The molecule has 1 amide bonds.